The Bertz CT molecular complexity index is 592. The minimum Gasteiger partial charge on any atom is -0.481 e. The monoisotopic (exact) mass is 235 g/mol. The van der Waals surface area contributed by atoms with E-state index >= 15 is 0 Å². The number of aromatic nitrogens is 3. The van der Waals surface area contributed by atoms with Gasteiger partial charge in [0.1, 0.15) is 5.52 Å². The minimum atomic E-state index is -0.866. The summed E-state index contributed by atoms with van der Waals surface area (Å²) in [7, 11) is 0. The van der Waals surface area contributed by atoms with Gasteiger partial charge < -0.3 is 14.6 Å². The molecule has 0 amide bonds. The van der Waals surface area contributed by atoms with Gasteiger partial charge in [-0.05, 0) is 0 Å². The molecule has 2 heterocycles. The molecule has 0 atom stereocenters. The van der Waals surface area contributed by atoms with Gasteiger partial charge in [0.25, 0.3) is 0 Å². The zero-order valence-corrected chi connectivity index (χ0v) is 8.79. The molecule has 88 valence electrons. The maximum atomic E-state index is 10.5. The summed E-state index contributed by atoms with van der Waals surface area (Å²) in [6.07, 6.45) is 0.00685. The molecule has 0 spiro atoms. The smallest absolute Gasteiger partial charge is 0.305 e. The van der Waals surface area contributed by atoms with Crippen LogP contribution in [0, 0.1) is 0 Å². The van der Waals surface area contributed by atoms with E-state index in [-0.39, 0.29) is 19.8 Å². The first-order valence-electron chi connectivity index (χ1n) is 5.09. The van der Waals surface area contributed by atoms with Crippen molar-refractivity contribution in [2.75, 3.05) is 6.79 Å². The number of carboxylic acids is 1. The first-order valence-corrected chi connectivity index (χ1v) is 5.09. The lowest BCUT2D eigenvalue weighted by Gasteiger charge is -2.00. The Kier molecular flexibility index (Phi) is 2.10. The van der Waals surface area contributed by atoms with Gasteiger partial charge in [-0.2, -0.15) is 0 Å². The van der Waals surface area contributed by atoms with Crippen molar-refractivity contribution in [3.05, 3.63) is 12.1 Å². The number of nitrogens with zero attached hydrogens (tertiary/aromatic N) is 3. The lowest BCUT2D eigenvalue weighted by atomic mass is 10.2. The van der Waals surface area contributed by atoms with Crippen molar-refractivity contribution >= 4 is 17.0 Å². The standard InChI is InChI=1S/C10H9N3O4/c14-10(15)1-2-13-7-4-9-8(16-5-17-9)3-6(7)11-12-13/h3-4H,1-2,5H2,(H,14,15). The fourth-order valence-corrected chi connectivity index (χ4v) is 1.72. The molecule has 17 heavy (non-hydrogen) atoms. The number of carbonyl (C=O) groups is 1. The summed E-state index contributed by atoms with van der Waals surface area (Å²) in [5, 5.41) is 16.5. The first kappa shape index (κ1) is 9.88. The second-order valence-electron chi connectivity index (χ2n) is 3.65. The van der Waals surface area contributed by atoms with Crippen LogP contribution in [-0.2, 0) is 11.3 Å². The first-order chi connectivity index (χ1) is 8.24. The summed E-state index contributed by atoms with van der Waals surface area (Å²) >= 11 is 0. The normalized spacial score (nSPS) is 13.2. The highest BCUT2D eigenvalue weighted by Crippen LogP contribution is 2.35. The quantitative estimate of drug-likeness (QED) is 0.839. The van der Waals surface area contributed by atoms with E-state index in [0.717, 1.165) is 5.52 Å². The van der Waals surface area contributed by atoms with Crippen LogP contribution in [-0.4, -0.2) is 32.9 Å². The van der Waals surface area contributed by atoms with E-state index in [2.05, 4.69) is 10.3 Å². The Morgan fingerprint density at radius 1 is 1.41 bits per heavy atom. The molecule has 1 aliphatic rings. The Morgan fingerprint density at radius 3 is 2.94 bits per heavy atom. The molecule has 7 heteroatoms. The summed E-state index contributed by atoms with van der Waals surface area (Å²) < 4.78 is 12.0. The van der Waals surface area contributed by atoms with E-state index in [1.807, 2.05) is 0 Å². The van der Waals surface area contributed by atoms with Crippen LogP contribution >= 0.6 is 0 Å². The van der Waals surface area contributed by atoms with Crippen molar-refractivity contribution in [1.29, 1.82) is 0 Å². The summed E-state index contributed by atoms with van der Waals surface area (Å²) in [5.74, 6) is 0.411. The van der Waals surface area contributed by atoms with Gasteiger partial charge in [0.15, 0.2) is 11.5 Å². The van der Waals surface area contributed by atoms with E-state index in [4.69, 9.17) is 14.6 Å². The van der Waals surface area contributed by atoms with Gasteiger partial charge in [0.05, 0.1) is 18.5 Å². The highest BCUT2D eigenvalue weighted by atomic mass is 16.7. The number of benzene rings is 1. The molecule has 0 saturated carbocycles. The number of aliphatic carboxylic acids is 1. The molecule has 1 aromatic heterocycles. The largest absolute Gasteiger partial charge is 0.481 e. The summed E-state index contributed by atoms with van der Waals surface area (Å²) in [6.45, 7) is 0.482. The highest BCUT2D eigenvalue weighted by molar-refractivity contribution is 5.79. The van der Waals surface area contributed by atoms with Gasteiger partial charge in [0, 0.05) is 12.1 Å². The Morgan fingerprint density at radius 2 is 2.18 bits per heavy atom. The van der Waals surface area contributed by atoms with E-state index in [9.17, 15) is 4.79 Å². The summed E-state index contributed by atoms with van der Waals surface area (Å²) in [5.41, 5.74) is 1.41. The Hall–Kier alpha value is -2.31. The molecule has 1 aromatic carbocycles. The Balaban J connectivity index is 2.00. The fourth-order valence-electron chi connectivity index (χ4n) is 1.72. The van der Waals surface area contributed by atoms with Crippen LogP contribution in [0.5, 0.6) is 11.5 Å². The number of hydrogen-bond donors (Lipinski definition) is 1. The fraction of sp³-hybridized carbons (Fsp3) is 0.300. The van der Waals surface area contributed by atoms with E-state index in [1.54, 1.807) is 16.8 Å². The number of fused-ring (bicyclic) bond motifs is 2. The number of hydrogen-bond acceptors (Lipinski definition) is 5. The molecule has 7 nitrogen and oxygen atoms in total. The van der Waals surface area contributed by atoms with Crippen LogP contribution in [0.15, 0.2) is 12.1 Å². The third-order valence-corrected chi connectivity index (χ3v) is 2.55. The molecule has 0 aliphatic carbocycles. The average Bonchev–Trinajstić information content (AvgIpc) is 2.88. The zero-order chi connectivity index (χ0) is 11.8. The number of carboxylic acid groups (broad SMARTS) is 1. The molecule has 0 unspecified atom stereocenters. The highest BCUT2D eigenvalue weighted by Gasteiger charge is 2.17. The predicted octanol–water partition coefficient (Wildman–Crippen LogP) is 0.635. The third kappa shape index (κ3) is 1.65. The number of ether oxygens (including phenoxy) is 2. The van der Waals surface area contributed by atoms with Crippen molar-refractivity contribution in [1.82, 2.24) is 15.0 Å². The van der Waals surface area contributed by atoms with Crippen molar-refractivity contribution in [3.63, 3.8) is 0 Å². The van der Waals surface area contributed by atoms with Crippen molar-refractivity contribution in [3.8, 4) is 11.5 Å². The van der Waals surface area contributed by atoms with E-state index in [1.165, 1.54) is 0 Å². The molecule has 0 radical (unpaired) electrons. The number of rotatable bonds is 3. The van der Waals surface area contributed by atoms with Crippen molar-refractivity contribution in [2.45, 2.75) is 13.0 Å². The van der Waals surface area contributed by atoms with Gasteiger partial charge in [0.2, 0.25) is 6.79 Å². The second-order valence-corrected chi connectivity index (χ2v) is 3.65. The molecule has 1 N–H and O–H groups in total. The average molecular weight is 235 g/mol. The molecule has 0 fully saturated rings. The van der Waals surface area contributed by atoms with Gasteiger partial charge in [-0.25, -0.2) is 4.68 Å². The Labute approximate surface area is 95.5 Å². The predicted molar refractivity (Wildman–Crippen MR) is 55.9 cm³/mol. The van der Waals surface area contributed by atoms with Gasteiger partial charge in [-0.3, -0.25) is 4.79 Å². The maximum Gasteiger partial charge on any atom is 0.305 e. The number of aryl methyl sites for hydroxylation is 1. The van der Waals surface area contributed by atoms with Gasteiger partial charge >= 0.3 is 5.97 Å². The molecule has 0 saturated heterocycles. The second kappa shape index (κ2) is 3.62. The minimum absolute atomic E-state index is 0.00685. The van der Waals surface area contributed by atoms with Crippen LogP contribution in [0.3, 0.4) is 0 Å². The van der Waals surface area contributed by atoms with Crippen LogP contribution in [0.25, 0.3) is 11.0 Å². The summed E-state index contributed by atoms with van der Waals surface area (Å²) in [4.78, 5) is 10.5. The summed E-state index contributed by atoms with van der Waals surface area (Å²) in [6, 6.07) is 3.50. The lowest BCUT2D eigenvalue weighted by Crippen LogP contribution is -2.05. The molecular formula is C10H9N3O4. The van der Waals surface area contributed by atoms with E-state index < -0.39 is 5.97 Å². The molecule has 3 rings (SSSR count). The van der Waals surface area contributed by atoms with E-state index in [0.29, 0.717) is 17.0 Å². The molecule has 2 aromatic rings. The van der Waals surface area contributed by atoms with Crippen molar-refractivity contribution in [2.24, 2.45) is 0 Å². The lowest BCUT2D eigenvalue weighted by molar-refractivity contribution is -0.137. The van der Waals surface area contributed by atoms with Gasteiger partial charge in [-0.15, -0.1) is 5.10 Å². The van der Waals surface area contributed by atoms with Crippen LogP contribution in [0.1, 0.15) is 6.42 Å². The van der Waals surface area contributed by atoms with Crippen LogP contribution in [0.2, 0.25) is 0 Å². The van der Waals surface area contributed by atoms with Gasteiger partial charge in [-0.1, -0.05) is 5.21 Å². The van der Waals surface area contributed by atoms with Crippen molar-refractivity contribution < 1.29 is 19.4 Å². The third-order valence-electron chi connectivity index (χ3n) is 2.55. The molecular weight excluding hydrogens is 226 g/mol. The molecule has 0 bridgehead atoms. The zero-order valence-electron chi connectivity index (χ0n) is 8.79. The topological polar surface area (TPSA) is 86.5 Å². The van der Waals surface area contributed by atoms with Crippen LogP contribution in [0.4, 0.5) is 0 Å². The van der Waals surface area contributed by atoms with Crippen LogP contribution < -0.4 is 9.47 Å². The SMILES string of the molecule is O=C(O)CCn1nnc2cc3c(cc21)OCO3. The molecule has 1 aliphatic heterocycles. The maximum absolute atomic E-state index is 10.5.